The summed E-state index contributed by atoms with van der Waals surface area (Å²) in [5.41, 5.74) is 8.21. The zero-order valence-electron chi connectivity index (χ0n) is 18.8. The molecule has 10 heteroatoms. The summed E-state index contributed by atoms with van der Waals surface area (Å²) in [6.45, 7) is 2.41. The molecule has 1 saturated heterocycles. The van der Waals surface area contributed by atoms with Crippen LogP contribution in [-0.4, -0.2) is 74.0 Å². The van der Waals surface area contributed by atoms with Crippen LogP contribution in [0.25, 0.3) is 11.2 Å². The van der Waals surface area contributed by atoms with Gasteiger partial charge in [0.15, 0.2) is 23.2 Å². The summed E-state index contributed by atoms with van der Waals surface area (Å²) >= 11 is 0. The maximum atomic E-state index is 12.9. The van der Waals surface area contributed by atoms with Crippen molar-refractivity contribution in [1.29, 1.82) is 0 Å². The molecule has 0 spiro atoms. The number of fused-ring (bicyclic) bond motifs is 1. The van der Waals surface area contributed by atoms with Crippen molar-refractivity contribution < 1.29 is 19.7 Å². The van der Waals surface area contributed by atoms with Crippen LogP contribution < -0.4 is 10.6 Å². The molecule has 33 heavy (non-hydrogen) atoms. The fourth-order valence-corrected chi connectivity index (χ4v) is 4.27. The number of benzene rings is 1. The lowest BCUT2D eigenvalue weighted by Crippen LogP contribution is -2.38. The molecule has 1 unspecified atom stereocenters. The molecule has 4 rings (SSSR count). The lowest BCUT2D eigenvalue weighted by molar-refractivity contribution is -0.122. The number of carbonyl (C=O) groups is 1. The third-order valence-electron chi connectivity index (χ3n) is 6.30. The van der Waals surface area contributed by atoms with E-state index in [4.69, 9.17) is 10.5 Å². The molecule has 5 atom stereocenters. The van der Waals surface area contributed by atoms with Crippen LogP contribution in [0.15, 0.2) is 43.0 Å². The van der Waals surface area contributed by atoms with Gasteiger partial charge in [-0.25, -0.2) is 15.0 Å². The number of ether oxygens (including phenoxy) is 1. The van der Waals surface area contributed by atoms with E-state index in [1.54, 1.807) is 10.9 Å². The van der Waals surface area contributed by atoms with Crippen molar-refractivity contribution in [2.45, 2.75) is 44.2 Å². The van der Waals surface area contributed by atoms with E-state index in [2.05, 4.69) is 15.0 Å². The van der Waals surface area contributed by atoms with Gasteiger partial charge in [-0.1, -0.05) is 30.3 Å². The summed E-state index contributed by atoms with van der Waals surface area (Å²) in [6.07, 6.45) is 0.793. The van der Waals surface area contributed by atoms with Gasteiger partial charge < -0.3 is 25.6 Å². The van der Waals surface area contributed by atoms with E-state index in [0.717, 1.165) is 12.1 Å². The van der Waals surface area contributed by atoms with E-state index in [1.165, 1.54) is 6.33 Å². The summed E-state index contributed by atoms with van der Waals surface area (Å²) < 4.78 is 7.60. The van der Waals surface area contributed by atoms with Crippen molar-refractivity contribution in [3.63, 3.8) is 0 Å². The highest BCUT2D eigenvalue weighted by Gasteiger charge is 2.46. The Bertz CT molecular complexity index is 1090. The number of anilines is 1. The monoisotopic (exact) mass is 454 g/mol. The van der Waals surface area contributed by atoms with E-state index in [1.807, 2.05) is 49.2 Å². The molecular formula is C23H30N6O4. The lowest BCUT2D eigenvalue weighted by Gasteiger charge is -2.20. The van der Waals surface area contributed by atoms with Crippen LogP contribution in [0.1, 0.15) is 25.1 Å². The number of Topliss-reactive ketones (excluding diaryl/α,β-unsaturated/α-hetero) is 1. The van der Waals surface area contributed by atoms with Gasteiger partial charge in [-0.05, 0) is 18.9 Å². The van der Waals surface area contributed by atoms with E-state index in [0.29, 0.717) is 23.4 Å². The van der Waals surface area contributed by atoms with Gasteiger partial charge in [0.2, 0.25) is 0 Å². The fraction of sp³-hybridized carbons (Fsp3) is 0.478. The lowest BCUT2D eigenvalue weighted by atomic mass is 9.89. The molecule has 10 nitrogen and oxygen atoms in total. The number of nitrogens with zero attached hydrogens (tertiary/aromatic N) is 5. The summed E-state index contributed by atoms with van der Waals surface area (Å²) in [4.78, 5) is 27.9. The second kappa shape index (κ2) is 9.92. The SMILES string of the molecule is CCN(C)c1ncnc2c1ncn2[C@@H]1O[C@H](CO)[C@H](CC(=O)[C@@H](N)Cc2ccccc2)C1O. The van der Waals surface area contributed by atoms with E-state index < -0.39 is 30.4 Å². The number of ketones is 1. The first kappa shape index (κ1) is 23.2. The summed E-state index contributed by atoms with van der Waals surface area (Å²) in [7, 11) is 1.91. The Hall–Kier alpha value is -2.92. The molecule has 1 fully saturated rings. The normalized spacial score (nSPS) is 23.7. The molecule has 2 aromatic heterocycles. The van der Waals surface area contributed by atoms with Crippen molar-refractivity contribution in [2.24, 2.45) is 11.7 Å². The van der Waals surface area contributed by atoms with Crippen molar-refractivity contribution in [3.8, 4) is 0 Å². The molecule has 0 saturated carbocycles. The average molecular weight is 455 g/mol. The predicted octanol–water partition coefficient (Wildman–Crippen LogP) is 0.678. The van der Waals surface area contributed by atoms with Crippen LogP contribution in [0, 0.1) is 5.92 Å². The Kier molecular flexibility index (Phi) is 6.99. The van der Waals surface area contributed by atoms with Gasteiger partial charge in [0.05, 0.1) is 25.1 Å². The quantitative estimate of drug-likeness (QED) is 0.426. The zero-order valence-corrected chi connectivity index (χ0v) is 18.8. The summed E-state index contributed by atoms with van der Waals surface area (Å²) in [5, 5.41) is 21.0. The third-order valence-corrected chi connectivity index (χ3v) is 6.30. The second-order valence-corrected chi connectivity index (χ2v) is 8.40. The van der Waals surface area contributed by atoms with Crippen molar-refractivity contribution in [1.82, 2.24) is 19.5 Å². The smallest absolute Gasteiger partial charge is 0.167 e. The number of imidazole rings is 1. The predicted molar refractivity (Wildman–Crippen MR) is 123 cm³/mol. The van der Waals surface area contributed by atoms with E-state index in [-0.39, 0.29) is 18.8 Å². The van der Waals surface area contributed by atoms with Crippen LogP contribution in [0.2, 0.25) is 0 Å². The van der Waals surface area contributed by atoms with Gasteiger partial charge in [0.25, 0.3) is 0 Å². The number of hydrogen-bond acceptors (Lipinski definition) is 9. The molecule has 0 amide bonds. The number of hydrogen-bond donors (Lipinski definition) is 3. The minimum Gasteiger partial charge on any atom is -0.394 e. The van der Waals surface area contributed by atoms with Crippen LogP contribution in [0.3, 0.4) is 0 Å². The van der Waals surface area contributed by atoms with Crippen molar-refractivity contribution in [3.05, 3.63) is 48.5 Å². The first-order chi connectivity index (χ1) is 15.9. The van der Waals surface area contributed by atoms with Crippen LogP contribution in [0.4, 0.5) is 5.82 Å². The van der Waals surface area contributed by atoms with Gasteiger partial charge in [-0.2, -0.15) is 0 Å². The molecule has 3 heterocycles. The largest absolute Gasteiger partial charge is 0.394 e. The average Bonchev–Trinajstić information content (AvgIpc) is 3.40. The van der Waals surface area contributed by atoms with E-state index >= 15 is 0 Å². The standard InChI is InChI=1S/C23H30N6O4/c1-3-28(2)21-19-22(26-12-25-21)29(13-27-19)23-20(32)15(18(11-30)33-23)10-17(31)16(24)9-14-7-5-4-6-8-14/h4-8,12-13,15-16,18,20,23,30,32H,3,9-11,24H2,1-2H3/t15-,16-,18+,20?,23+/m0/s1. The number of aromatic nitrogens is 4. The maximum absolute atomic E-state index is 12.9. The van der Waals surface area contributed by atoms with Crippen molar-refractivity contribution in [2.75, 3.05) is 25.1 Å². The van der Waals surface area contributed by atoms with Gasteiger partial charge in [0, 0.05) is 25.9 Å². The van der Waals surface area contributed by atoms with Gasteiger partial charge in [-0.15, -0.1) is 0 Å². The summed E-state index contributed by atoms with van der Waals surface area (Å²) in [5.74, 6) is -0.118. The number of rotatable bonds is 9. The Morgan fingerprint density at radius 1 is 1.27 bits per heavy atom. The molecule has 4 N–H and O–H groups in total. The Morgan fingerprint density at radius 3 is 2.73 bits per heavy atom. The third kappa shape index (κ3) is 4.60. The molecule has 3 aromatic rings. The summed E-state index contributed by atoms with van der Waals surface area (Å²) in [6, 6.07) is 8.84. The molecule has 0 aliphatic carbocycles. The molecule has 1 aromatic carbocycles. The van der Waals surface area contributed by atoms with E-state index in [9.17, 15) is 15.0 Å². The number of aliphatic hydroxyl groups is 2. The van der Waals surface area contributed by atoms with Crippen LogP contribution in [-0.2, 0) is 16.0 Å². The minimum absolute atomic E-state index is 0.00231. The molecule has 0 radical (unpaired) electrons. The highest BCUT2D eigenvalue weighted by atomic mass is 16.5. The van der Waals surface area contributed by atoms with Crippen LogP contribution in [0.5, 0.6) is 0 Å². The Labute approximate surface area is 192 Å². The molecule has 176 valence electrons. The van der Waals surface area contributed by atoms with Crippen molar-refractivity contribution >= 4 is 22.8 Å². The molecule has 1 aliphatic heterocycles. The maximum Gasteiger partial charge on any atom is 0.167 e. The molecule has 0 bridgehead atoms. The number of carbonyl (C=O) groups excluding carboxylic acids is 1. The fourth-order valence-electron chi connectivity index (χ4n) is 4.27. The Morgan fingerprint density at radius 2 is 2.03 bits per heavy atom. The molecular weight excluding hydrogens is 424 g/mol. The molecule has 1 aliphatic rings. The van der Waals surface area contributed by atoms with Crippen LogP contribution >= 0.6 is 0 Å². The first-order valence-corrected chi connectivity index (χ1v) is 11.1. The Balaban J connectivity index is 1.53. The van der Waals surface area contributed by atoms with Gasteiger partial charge in [0.1, 0.15) is 18.2 Å². The minimum atomic E-state index is -1.05. The number of aliphatic hydroxyl groups excluding tert-OH is 2. The second-order valence-electron chi connectivity index (χ2n) is 8.40. The zero-order chi connectivity index (χ0) is 23.5. The highest BCUT2D eigenvalue weighted by Crippen LogP contribution is 2.38. The highest BCUT2D eigenvalue weighted by molar-refractivity contribution is 5.84. The first-order valence-electron chi connectivity index (χ1n) is 11.1. The topological polar surface area (TPSA) is 140 Å². The van der Waals surface area contributed by atoms with Gasteiger partial charge in [-0.3, -0.25) is 9.36 Å². The van der Waals surface area contributed by atoms with Gasteiger partial charge >= 0.3 is 0 Å². The number of nitrogens with two attached hydrogens (primary N) is 1.